The van der Waals surface area contributed by atoms with Crippen LogP contribution in [-0.2, 0) is 4.74 Å². The largest absolute Gasteiger partial charge is 0.461 e. The van der Waals surface area contributed by atoms with Crippen LogP contribution < -0.4 is 4.74 Å². The fourth-order valence-corrected chi connectivity index (χ4v) is 1.24. The Morgan fingerprint density at radius 1 is 1.27 bits per heavy atom. The van der Waals surface area contributed by atoms with Crippen molar-refractivity contribution in [3.8, 4) is 5.75 Å². The Morgan fingerprint density at radius 2 is 2.00 bits per heavy atom. The quantitative estimate of drug-likeness (QED) is 0.751. The van der Waals surface area contributed by atoms with Crippen molar-refractivity contribution in [3.63, 3.8) is 0 Å². The number of rotatable bonds is 2. The molecule has 0 aromatic heterocycles. The molecule has 0 bridgehead atoms. The van der Waals surface area contributed by atoms with E-state index in [1.165, 1.54) is 24.3 Å². The van der Waals surface area contributed by atoms with E-state index in [9.17, 15) is 4.39 Å². The van der Waals surface area contributed by atoms with Crippen molar-refractivity contribution in [2.45, 2.75) is 12.4 Å². The molecule has 0 radical (unpaired) electrons. The molecular weight excluding hydrogens is 199 g/mol. The minimum atomic E-state index is -0.571. The number of benzene rings is 1. The molecule has 1 aromatic carbocycles. The van der Waals surface area contributed by atoms with Gasteiger partial charge in [-0.3, -0.25) is 0 Å². The van der Waals surface area contributed by atoms with E-state index in [2.05, 4.69) is 0 Å². The molecule has 0 unspecified atom stereocenters. The molecule has 1 N–H and O–H groups in total. The molecule has 1 heterocycles. The van der Waals surface area contributed by atoms with Gasteiger partial charge >= 0.3 is 0 Å². The zero-order valence-corrected chi connectivity index (χ0v) is 7.97. The average Bonchev–Trinajstić information content (AvgIpc) is 2.25. The van der Waals surface area contributed by atoms with Gasteiger partial charge in [-0.1, -0.05) is 6.08 Å². The molecule has 4 heteroatoms. The summed E-state index contributed by atoms with van der Waals surface area (Å²) in [6.45, 7) is 0.211. The molecule has 0 amide bonds. The first-order valence-corrected chi connectivity index (χ1v) is 4.64. The molecule has 1 aromatic rings. The zero-order valence-electron chi connectivity index (χ0n) is 7.97. The van der Waals surface area contributed by atoms with Crippen LogP contribution in [0.3, 0.4) is 0 Å². The van der Waals surface area contributed by atoms with Gasteiger partial charge in [-0.2, -0.15) is 0 Å². The maximum atomic E-state index is 12.6. The van der Waals surface area contributed by atoms with E-state index in [1.54, 1.807) is 12.2 Å². The molecule has 0 saturated heterocycles. The van der Waals surface area contributed by atoms with E-state index >= 15 is 0 Å². The summed E-state index contributed by atoms with van der Waals surface area (Å²) < 4.78 is 23.1. The van der Waals surface area contributed by atoms with Crippen LogP contribution in [0.5, 0.6) is 5.75 Å². The summed E-state index contributed by atoms with van der Waals surface area (Å²) in [4.78, 5) is 0. The molecule has 3 nitrogen and oxygen atoms in total. The number of hydrogen-bond donors (Lipinski definition) is 1. The van der Waals surface area contributed by atoms with Crippen LogP contribution in [0.2, 0.25) is 0 Å². The van der Waals surface area contributed by atoms with Crippen molar-refractivity contribution in [2.75, 3.05) is 6.61 Å². The minimum Gasteiger partial charge on any atom is -0.461 e. The Kier molecular flexibility index (Phi) is 2.99. The zero-order chi connectivity index (χ0) is 10.7. The highest BCUT2D eigenvalue weighted by Crippen LogP contribution is 2.15. The van der Waals surface area contributed by atoms with Crippen LogP contribution in [0.25, 0.3) is 0 Å². The molecular formula is C11H11FO3. The third-order valence-corrected chi connectivity index (χ3v) is 1.99. The van der Waals surface area contributed by atoms with Crippen LogP contribution >= 0.6 is 0 Å². The van der Waals surface area contributed by atoms with Crippen molar-refractivity contribution in [1.29, 1.82) is 0 Å². The maximum Gasteiger partial charge on any atom is 0.219 e. The number of aliphatic hydroxyl groups is 1. The lowest BCUT2D eigenvalue weighted by atomic mass is 10.3. The lowest BCUT2D eigenvalue weighted by Gasteiger charge is -2.21. The third-order valence-electron chi connectivity index (χ3n) is 1.99. The molecule has 2 rings (SSSR count). The first-order valence-electron chi connectivity index (χ1n) is 4.64. The minimum absolute atomic E-state index is 0.211. The van der Waals surface area contributed by atoms with Crippen LogP contribution in [0.1, 0.15) is 0 Å². The SMILES string of the molecule is O[C@@H]1C=C[C@H](Oc2ccc(F)cc2)OC1. The second-order valence-electron chi connectivity index (χ2n) is 3.23. The second kappa shape index (κ2) is 4.42. The summed E-state index contributed by atoms with van der Waals surface area (Å²) in [5.74, 6) is 0.223. The maximum absolute atomic E-state index is 12.6. The second-order valence-corrected chi connectivity index (χ2v) is 3.23. The molecule has 0 aliphatic carbocycles. The van der Waals surface area contributed by atoms with E-state index in [0.29, 0.717) is 5.75 Å². The highest BCUT2D eigenvalue weighted by Gasteiger charge is 2.14. The smallest absolute Gasteiger partial charge is 0.219 e. The number of halogens is 1. The molecule has 0 saturated carbocycles. The first-order chi connectivity index (χ1) is 7.24. The predicted octanol–water partition coefficient (Wildman–Crippen LogP) is 1.48. The summed E-state index contributed by atoms with van der Waals surface area (Å²) >= 11 is 0. The van der Waals surface area contributed by atoms with Gasteiger partial charge in [0.25, 0.3) is 0 Å². The Bertz CT molecular complexity index is 347. The van der Waals surface area contributed by atoms with Crippen molar-refractivity contribution in [1.82, 2.24) is 0 Å². The summed E-state index contributed by atoms with van der Waals surface area (Å²) in [5, 5.41) is 9.11. The van der Waals surface area contributed by atoms with Crippen molar-refractivity contribution in [3.05, 3.63) is 42.2 Å². The van der Waals surface area contributed by atoms with Gasteiger partial charge in [0.2, 0.25) is 6.29 Å². The fraction of sp³-hybridized carbons (Fsp3) is 0.273. The van der Waals surface area contributed by atoms with Crippen molar-refractivity contribution < 1.29 is 19.0 Å². The van der Waals surface area contributed by atoms with Gasteiger partial charge in [0, 0.05) is 0 Å². The van der Waals surface area contributed by atoms with E-state index in [0.717, 1.165) is 0 Å². The fourth-order valence-electron chi connectivity index (χ4n) is 1.24. The van der Waals surface area contributed by atoms with Crippen LogP contribution in [0, 0.1) is 5.82 Å². The summed E-state index contributed by atoms with van der Waals surface area (Å²) in [7, 11) is 0. The summed E-state index contributed by atoms with van der Waals surface area (Å²) in [6.07, 6.45) is 2.15. The monoisotopic (exact) mass is 210 g/mol. The highest BCUT2D eigenvalue weighted by molar-refractivity contribution is 5.22. The highest BCUT2D eigenvalue weighted by atomic mass is 19.1. The standard InChI is InChI=1S/C11H11FO3/c12-8-1-4-10(5-2-8)15-11-6-3-9(13)7-14-11/h1-6,9,11,13H,7H2/t9-,11+/m1/s1. The molecule has 80 valence electrons. The van der Waals surface area contributed by atoms with Crippen LogP contribution in [-0.4, -0.2) is 24.1 Å². The van der Waals surface area contributed by atoms with Gasteiger partial charge in [0.15, 0.2) is 0 Å². The van der Waals surface area contributed by atoms with E-state index < -0.39 is 12.4 Å². The normalized spacial score (nSPS) is 25.2. The summed E-state index contributed by atoms with van der Waals surface area (Å²) in [5.41, 5.74) is 0. The van der Waals surface area contributed by atoms with Crippen molar-refractivity contribution in [2.24, 2.45) is 0 Å². The Balaban J connectivity index is 1.97. The molecule has 0 fully saturated rings. The van der Waals surface area contributed by atoms with E-state index in [1.807, 2.05) is 0 Å². The predicted molar refractivity (Wildman–Crippen MR) is 51.9 cm³/mol. The third kappa shape index (κ3) is 2.78. The molecule has 0 spiro atoms. The van der Waals surface area contributed by atoms with Gasteiger partial charge in [-0.05, 0) is 30.3 Å². The lowest BCUT2D eigenvalue weighted by Crippen LogP contribution is -2.28. The van der Waals surface area contributed by atoms with Gasteiger partial charge in [-0.15, -0.1) is 0 Å². The number of ether oxygens (including phenoxy) is 2. The molecule has 2 atom stereocenters. The van der Waals surface area contributed by atoms with Gasteiger partial charge in [0.1, 0.15) is 11.6 Å². The number of hydrogen-bond acceptors (Lipinski definition) is 3. The number of aliphatic hydroxyl groups excluding tert-OH is 1. The van der Waals surface area contributed by atoms with Gasteiger partial charge in [-0.25, -0.2) is 4.39 Å². The van der Waals surface area contributed by atoms with Gasteiger partial charge in [0.05, 0.1) is 12.7 Å². The molecule has 1 aliphatic rings. The Morgan fingerprint density at radius 3 is 2.60 bits per heavy atom. The van der Waals surface area contributed by atoms with E-state index in [-0.39, 0.29) is 12.4 Å². The van der Waals surface area contributed by atoms with Crippen LogP contribution in [0.4, 0.5) is 4.39 Å². The Labute approximate surface area is 86.7 Å². The first kappa shape index (κ1) is 10.1. The summed E-state index contributed by atoms with van der Waals surface area (Å²) in [6, 6.07) is 5.68. The average molecular weight is 210 g/mol. The lowest BCUT2D eigenvalue weighted by molar-refractivity contribution is -0.0789. The van der Waals surface area contributed by atoms with Crippen LogP contribution in [0.15, 0.2) is 36.4 Å². The van der Waals surface area contributed by atoms with Crippen molar-refractivity contribution >= 4 is 0 Å². The molecule has 1 aliphatic heterocycles. The van der Waals surface area contributed by atoms with Gasteiger partial charge < -0.3 is 14.6 Å². The molecule has 15 heavy (non-hydrogen) atoms. The van der Waals surface area contributed by atoms with E-state index in [4.69, 9.17) is 14.6 Å². The topological polar surface area (TPSA) is 38.7 Å². The Hall–Kier alpha value is -1.39.